The van der Waals surface area contributed by atoms with E-state index in [0.717, 1.165) is 11.1 Å². The summed E-state index contributed by atoms with van der Waals surface area (Å²) in [5.41, 5.74) is 1.96. The highest BCUT2D eigenvalue weighted by Crippen LogP contribution is 2.26. The SMILES string of the molecule is COc1ccc(OC)c(CN(/C=C/c2ccccc2)C(=O)c2ccc([N+](=O)[O-])cc2)c1. The maximum absolute atomic E-state index is 13.2. The Kier molecular flexibility index (Phi) is 7.01. The predicted molar refractivity (Wildman–Crippen MR) is 118 cm³/mol. The van der Waals surface area contributed by atoms with Gasteiger partial charge in [-0.3, -0.25) is 14.9 Å². The van der Waals surface area contributed by atoms with E-state index in [-0.39, 0.29) is 18.1 Å². The minimum Gasteiger partial charge on any atom is -0.497 e. The molecule has 0 aliphatic rings. The lowest BCUT2D eigenvalue weighted by molar-refractivity contribution is -0.384. The molecule has 7 nitrogen and oxygen atoms in total. The molecule has 0 aliphatic carbocycles. The number of carbonyl (C=O) groups is 1. The molecule has 158 valence electrons. The van der Waals surface area contributed by atoms with Crippen molar-refractivity contribution in [1.29, 1.82) is 0 Å². The van der Waals surface area contributed by atoms with Gasteiger partial charge in [0, 0.05) is 29.5 Å². The zero-order valence-electron chi connectivity index (χ0n) is 17.2. The van der Waals surface area contributed by atoms with Crippen molar-refractivity contribution in [3.05, 3.63) is 106 Å². The van der Waals surface area contributed by atoms with Crippen LogP contribution in [0.4, 0.5) is 5.69 Å². The lowest BCUT2D eigenvalue weighted by atomic mass is 10.1. The molecule has 0 fully saturated rings. The number of nitro groups is 1. The fraction of sp³-hybridized carbons (Fsp3) is 0.125. The van der Waals surface area contributed by atoms with E-state index in [4.69, 9.17) is 9.47 Å². The molecule has 7 heteroatoms. The molecule has 0 radical (unpaired) electrons. The summed E-state index contributed by atoms with van der Waals surface area (Å²) in [5, 5.41) is 10.9. The van der Waals surface area contributed by atoms with Gasteiger partial charge in [-0.05, 0) is 42.0 Å². The summed E-state index contributed by atoms with van der Waals surface area (Å²) in [5.74, 6) is 0.966. The molecule has 0 saturated heterocycles. The molecule has 0 saturated carbocycles. The van der Waals surface area contributed by atoms with Gasteiger partial charge in [-0.2, -0.15) is 0 Å². The average Bonchev–Trinajstić information content (AvgIpc) is 2.81. The fourth-order valence-corrected chi connectivity index (χ4v) is 3.01. The number of nitro benzene ring substituents is 1. The van der Waals surface area contributed by atoms with Crippen LogP contribution < -0.4 is 9.47 Å². The van der Waals surface area contributed by atoms with Crippen molar-refractivity contribution >= 4 is 17.7 Å². The van der Waals surface area contributed by atoms with Crippen molar-refractivity contribution in [2.75, 3.05) is 14.2 Å². The Morgan fingerprint density at radius 1 is 1.00 bits per heavy atom. The molecule has 3 aromatic rings. The predicted octanol–water partition coefficient (Wildman–Crippen LogP) is 4.93. The third-order valence-corrected chi connectivity index (χ3v) is 4.66. The summed E-state index contributed by atoms with van der Waals surface area (Å²) in [4.78, 5) is 25.2. The molecule has 0 unspecified atom stereocenters. The Hall–Kier alpha value is -4.13. The highest BCUT2D eigenvalue weighted by Gasteiger charge is 2.18. The van der Waals surface area contributed by atoms with Gasteiger partial charge in [0.25, 0.3) is 11.6 Å². The van der Waals surface area contributed by atoms with Crippen molar-refractivity contribution in [3.8, 4) is 11.5 Å². The number of hydrogen-bond acceptors (Lipinski definition) is 5. The number of benzene rings is 3. The fourth-order valence-electron chi connectivity index (χ4n) is 3.01. The van der Waals surface area contributed by atoms with Crippen molar-refractivity contribution in [1.82, 2.24) is 4.90 Å². The Morgan fingerprint density at radius 2 is 1.71 bits per heavy atom. The maximum Gasteiger partial charge on any atom is 0.269 e. The zero-order valence-corrected chi connectivity index (χ0v) is 17.2. The van der Waals surface area contributed by atoms with E-state index in [2.05, 4.69) is 0 Å². The summed E-state index contributed by atoms with van der Waals surface area (Å²) in [7, 11) is 3.13. The highest BCUT2D eigenvalue weighted by molar-refractivity contribution is 5.95. The summed E-state index contributed by atoms with van der Waals surface area (Å²) in [6, 6.07) is 20.5. The standard InChI is InChI=1S/C24H22N2O5/c1-30-22-12-13-23(31-2)20(16-22)17-25(15-14-18-6-4-3-5-7-18)24(27)19-8-10-21(11-9-19)26(28)29/h3-16H,17H2,1-2H3/b15-14+. The third-order valence-electron chi connectivity index (χ3n) is 4.66. The van der Waals surface area contributed by atoms with E-state index in [1.807, 2.05) is 42.5 Å². The molecule has 0 heterocycles. The van der Waals surface area contributed by atoms with Gasteiger partial charge in [0.15, 0.2) is 0 Å². The molecule has 0 bridgehead atoms. The van der Waals surface area contributed by atoms with Crippen LogP contribution in [0.25, 0.3) is 6.08 Å². The Morgan fingerprint density at radius 3 is 2.32 bits per heavy atom. The topological polar surface area (TPSA) is 81.9 Å². The van der Waals surface area contributed by atoms with Crippen LogP contribution in [-0.4, -0.2) is 29.9 Å². The quantitative estimate of drug-likeness (QED) is 0.383. The number of carbonyl (C=O) groups excluding carboxylic acids is 1. The lowest BCUT2D eigenvalue weighted by Crippen LogP contribution is -2.25. The third kappa shape index (κ3) is 5.48. The molecule has 0 aliphatic heterocycles. The normalized spacial score (nSPS) is 10.6. The van der Waals surface area contributed by atoms with Crippen LogP contribution in [0.5, 0.6) is 11.5 Å². The molecule has 3 rings (SSSR count). The zero-order chi connectivity index (χ0) is 22.2. The van der Waals surface area contributed by atoms with Crippen molar-refractivity contribution in [3.63, 3.8) is 0 Å². The van der Waals surface area contributed by atoms with E-state index in [1.54, 1.807) is 32.6 Å². The number of hydrogen-bond donors (Lipinski definition) is 0. The largest absolute Gasteiger partial charge is 0.497 e. The molecule has 0 aromatic heterocycles. The van der Waals surface area contributed by atoms with Gasteiger partial charge in [0.1, 0.15) is 11.5 Å². The maximum atomic E-state index is 13.2. The number of nitrogens with zero attached hydrogens (tertiary/aromatic N) is 2. The van der Waals surface area contributed by atoms with E-state index < -0.39 is 4.92 Å². The van der Waals surface area contributed by atoms with Gasteiger partial charge in [-0.25, -0.2) is 0 Å². The second kappa shape index (κ2) is 10.1. The molecule has 0 atom stereocenters. The first kappa shape index (κ1) is 21.6. The molecule has 1 amide bonds. The van der Waals surface area contributed by atoms with Crippen LogP contribution in [-0.2, 0) is 6.54 Å². The Balaban J connectivity index is 1.95. The van der Waals surface area contributed by atoms with Crippen molar-refractivity contribution < 1.29 is 19.2 Å². The first-order valence-electron chi connectivity index (χ1n) is 9.51. The van der Waals surface area contributed by atoms with Crippen LogP contribution in [0.15, 0.2) is 79.0 Å². The molecule has 3 aromatic carbocycles. The van der Waals surface area contributed by atoms with Crippen LogP contribution in [0.3, 0.4) is 0 Å². The van der Waals surface area contributed by atoms with Gasteiger partial charge >= 0.3 is 0 Å². The van der Waals surface area contributed by atoms with Crippen molar-refractivity contribution in [2.24, 2.45) is 0 Å². The van der Waals surface area contributed by atoms with E-state index in [0.29, 0.717) is 17.1 Å². The van der Waals surface area contributed by atoms with Crippen LogP contribution in [0, 0.1) is 10.1 Å². The Labute approximate surface area is 180 Å². The van der Waals surface area contributed by atoms with Crippen LogP contribution in [0.2, 0.25) is 0 Å². The second-order valence-electron chi connectivity index (χ2n) is 6.64. The number of rotatable bonds is 8. The minimum absolute atomic E-state index is 0.0719. The van der Waals surface area contributed by atoms with Gasteiger partial charge in [0.05, 0.1) is 25.7 Å². The summed E-state index contributed by atoms with van der Waals surface area (Å²) in [6.45, 7) is 0.222. The number of non-ortho nitro benzene ring substituents is 1. The van der Waals surface area contributed by atoms with E-state index in [9.17, 15) is 14.9 Å². The number of methoxy groups -OCH3 is 2. The summed E-state index contributed by atoms with van der Waals surface area (Å²) >= 11 is 0. The summed E-state index contributed by atoms with van der Waals surface area (Å²) < 4.78 is 10.7. The highest BCUT2D eigenvalue weighted by atomic mass is 16.6. The van der Waals surface area contributed by atoms with Gasteiger partial charge in [0.2, 0.25) is 0 Å². The second-order valence-corrected chi connectivity index (χ2v) is 6.64. The first-order chi connectivity index (χ1) is 15.0. The molecule has 31 heavy (non-hydrogen) atoms. The van der Waals surface area contributed by atoms with E-state index in [1.165, 1.54) is 29.2 Å². The van der Waals surface area contributed by atoms with Gasteiger partial charge in [-0.15, -0.1) is 0 Å². The molecular weight excluding hydrogens is 396 g/mol. The molecule has 0 N–H and O–H groups in total. The van der Waals surface area contributed by atoms with Crippen molar-refractivity contribution in [2.45, 2.75) is 6.54 Å². The van der Waals surface area contributed by atoms with Gasteiger partial charge < -0.3 is 14.4 Å². The number of ether oxygens (including phenoxy) is 2. The average molecular weight is 418 g/mol. The Bertz CT molecular complexity index is 1080. The first-order valence-corrected chi connectivity index (χ1v) is 9.51. The monoisotopic (exact) mass is 418 g/mol. The van der Waals surface area contributed by atoms with E-state index >= 15 is 0 Å². The summed E-state index contributed by atoms with van der Waals surface area (Å²) in [6.07, 6.45) is 3.52. The minimum atomic E-state index is -0.498. The molecule has 0 spiro atoms. The van der Waals surface area contributed by atoms with Crippen LogP contribution >= 0.6 is 0 Å². The molecular formula is C24H22N2O5. The lowest BCUT2D eigenvalue weighted by Gasteiger charge is -2.21. The smallest absolute Gasteiger partial charge is 0.269 e. The number of amides is 1. The van der Waals surface area contributed by atoms with Gasteiger partial charge in [-0.1, -0.05) is 30.3 Å². The van der Waals surface area contributed by atoms with Crippen LogP contribution in [0.1, 0.15) is 21.5 Å².